The van der Waals surface area contributed by atoms with E-state index in [9.17, 15) is 4.79 Å². The summed E-state index contributed by atoms with van der Waals surface area (Å²) < 4.78 is 0. The van der Waals surface area contributed by atoms with Crippen molar-refractivity contribution < 1.29 is 4.79 Å². The summed E-state index contributed by atoms with van der Waals surface area (Å²) in [7, 11) is 0. The molecule has 12 heavy (non-hydrogen) atoms. The van der Waals surface area contributed by atoms with E-state index in [4.69, 9.17) is 0 Å². The number of aliphatic imine (C=N–C) groups is 1. The molecule has 0 aliphatic heterocycles. The molecular formula is C10H6NO. The first-order valence-corrected chi connectivity index (χ1v) is 3.67. The second-order valence-electron chi connectivity index (χ2n) is 2.58. The lowest BCUT2D eigenvalue weighted by Crippen LogP contribution is -1.87. The van der Waals surface area contributed by atoms with Gasteiger partial charge in [0.05, 0.1) is 0 Å². The smallest absolute Gasteiger partial charge is 0.211 e. The van der Waals surface area contributed by atoms with Gasteiger partial charge in [0.2, 0.25) is 6.08 Å². The Morgan fingerprint density at radius 2 is 2.50 bits per heavy atom. The van der Waals surface area contributed by atoms with Gasteiger partial charge in [0.15, 0.2) is 0 Å². The van der Waals surface area contributed by atoms with Gasteiger partial charge in [-0.1, -0.05) is 24.3 Å². The van der Waals surface area contributed by atoms with Crippen LogP contribution in [0.15, 0.2) is 29.3 Å². The second-order valence-corrected chi connectivity index (χ2v) is 2.58. The standard InChI is InChI=1S/C10H6NO/c12-7-11-10-6-5-8-3-1-2-4-9(8)10/h2-6,10H. The van der Waals surface area contributed by atoms with Gasteiger partial charge >= 0.3 is 0 Å². The average Bonchev–Trinajstić information content (AvgIpc) is 2.50. The largest absolute Gasteiger partial charge is 0.235 e. The Labute approximate surface area is 70.3 Å². The number of fused-ring (bicyclic) bond motifs is 1. The van der Waals surface area contributed by atoms with Crippen molar-refractivity contribution in [3.63, 3.8) is 0 Å². The summed E-state index contributed by atoms with van der Waals surface area (Å²) in [5, 5.41) is 0. The molecule has 0 saturated carbocycles. The molecule has 0 bridgehead atoms. The lowest BCUT2D eigenvalue weighted by molar-refractivity contribution is 0.561. The van der Waals surface area contributed by atoms with Crippen molar-refractivity contribution in [2.24, 2.45) is 4.99 Å². The summed E-state index contributed by atoms with van der Waals surface area (Å²) in [6.07, 6.45) is 5.38. The van der Waals surface area contributed by atoms with E-state index in [2.05, 4.69) is 11.1 Å². The molecular weight excluding hydrogens is 150 g/mol. The maximum absolute atomic E-state index is 10.0. The molecule has 1 aliphatic carbocycles. The molecule has 57 valence electrons. The van der Waals surface area contributed by atoms with Gasteiger partial charge in [-0.15, -0.1) is 0 Å². The lowest BCUT2D eigenvalue weighted by Gasteiger charge is -2.01. The molecule has 1 atom stereocenters. The quantitative estimate of drug-likeness (QED) is 0.451. The van der Waals surface area contributed by atoms with E-state index in [1.807, 2.05) is 30.4 Å². The number of hydrogen-bond acceptors (Lipinski definition) is 2. The fourth-order valence-electron chi connectivity index (χ4n) is 1.34. The van der Waals surface area contributed by atoms with Crippen LogP contribution in [-0.2, 0) is 4.79 Å². The van der Waals surface area contributed by atoms with E-state index >= 15 is 0 Å². The molecule has 1 radical (unpaired) electrons. The van der Waals surface area contributed by atoms with E-state index in [0.29, 0.717) is 0 Å². The van der Waals surface area contributed by atoms with Crippen LogP contribution in [0.25, 0.3) is 6.08 Å². The van der Waals surface area contributed by atoms with Crippen LogP contribution in [0.3, 0.4) is 0 Å². The summed E-state index contributed by atoms with van der Waals surface area (Å²) >= 11 is 0. The van der Waals surface area contributed by atoms with Crippen LogP contribution in [0.4, 0.5) is 0 Å². The van der Waals surface area contributed by atoms with Crippen molar-refractivity contribution in [3.8, 4) is 0 Å². The molecule has 0 N–H and O–H groups in total. The van der Waals surface area contributed by atoms with Crippen LogP contribution < -0.4 is 0 Å². The zero-order valence-corrected chi connectivity index (χ0v) is 6.32. The maximum atomic E-state index is 10.0. The van der Waals surface area contributed by atoms with Crippen molar-refractivity contribution in [2.45, 2.75) is 6.04 Å². The van der Waals surface area contributed by atoms with Crippen LogP contribution in [-0.4, -0.2) is 6.08 Å². The highest BCUT2D eigenvalue weighted by Crippen LogP contribution is 2.29. The Hall–Kier alpha value is -1.66. The molecule has 0 spiro atoms. The predicted octanol–water partition coefficient (Wildman–Crippen LogP) is 1.89. The van der Waals surface area contributed by atoms with Crippen LogP contribution in [0.5, 0.6) is 0 Å². The molecule has 0 saturated heterocycles. The molecule has 0 amide bonds. The van der Waals surface area contributed by atoms with Crippen LogP contribution in [0.2, 0.25) is 0 Å². The van der Waals surface area contributed by atoms with Gasteiger partial charge in [-0.2, -0.15) is 4.99 Å². The fourth-order valence-corrected chi connectivity index (χ4v) is 1.34. The van der Waals surface area contributed by atoms with Crippen LogP contribution in [0.1, 0.15) is 17.2 Å². The highest BCUT2D eigenvalue weighted by atomic mass is 16.1. The fraction of sp³-hybridized carbons (Fsp3) is 0.100. The van der Waals surface area contributed by atoms with Gasteiger partial charge in [0.25, 0.3) is 0 Å². The van der Waals surface area contributed by atoms with E-state index in [-0.39, 0.29) is 6.04 Å². The molecule has 1 aromatic rings. The summed E-state index contributed by atoms with van der Waals surface area (Å²) in [5.41, 5.74) is 2.14. The molecule has 2 nitrogen and oxygen atoms in total. The zero-order valence-electron chi connectivity index (χ0n) is 6.32. The first-order chi connectivity index (χ1) is 5.92. The van der Waals surface area contributed by atoms with Crippen molar-refractivity contribution in [2.75, 3.05) is 0 Å². The van der Waals surface area contributed by atoms with Gasteiger partial charge in [-0.3, -0.25) is 0 Å². The third-order valence-electron chi connectivity index (χ3n) is 1.90. The van der Waals surface area contributed by atoms with E-state index in [0.717, 1.165) is 11.1 Å². The monoisotopic (exact) mass is 156 g/mol. The highest BCUT2D eigenvalue weighted by Gasteiger charge is 2.14. The van der Waals surface area contributed by atoms with Crippen molar-refractivity contribution in [1.82, 2.24) is 0 Å². The molecule has 1 aliphatic rings. The topological polar surface area (TPSA) is 29.4 Å². The van der Waals surface area contributed by atoms with E-state index in [1.165, 1.54) is 0 Å². The minimum absolute atomic E-state index is 0.132. The Morgan fingerprint density at radius 3 is 3.33 bits per heavy atom. The Morgan fingerprint density at radius 1 is 1.58 bits per heavy atom. The number of carbonyl (C=O) groups excluding carboxylic acids is 1. The normalized spacial score (nSPS) is 18.5. The molecule has 0 heterocycles. The van der Waals surface area contributed by atoms with Gasteiger partial charge < -0.3 is 0 Å². The average molecular weight is 156 g/mol. The Bertz CT molecular complexity index is 375. The Balaban J connectivity index is 2.48. The van der Waals surface area contributed by atoms with Gasteiger partial charge in [-0.05, 0) is 23.3 Å². The molecule has 2 rings (SSSR count). The summed E-state index contributed by atoms with van der Waals surface area (Å²) in [6, 6.07) is 8.45. The SMILES string of the molecule is O=C=NC1C=Cc2c[c]ccc21. The zero-order chi connectivity index (χ0) is 8.39. The van der Waals surface area contributed by atoms with Crippen LogP contribution in [0, 0.1) is 6.07 Å². The van der Waals surface area contributed by atoms with Gasteiger partial charge in [0, 0.05) is 0 Å². The second kappa shape index (κ2) is 2.76. The van der Waals surface area contributed by atoms with E-state index < -0.39 is 0 Å². The maximum Gasteiger partial charge on any atom is 0.235 e. The van der Waals surface area contributed by atoms with Gasteiger partial charge in [0.1, 0.15) is 6.04 Å². The molecule has 1 unspecified atom stereocenters. The minimum atomic E-state index is -0.132. The number of hydrogen-bond donors (Lipinski definition) is 0. The first-order valence-electron chi connectivity index (χ1n) is 3.67. The predicted molar refractivity (Wildman–Crippen MR) is 45.2 cm³/mol. The third kappa shape index (κ3) is 0.987. The molecule has 2 heteroatoms. The molecule has 0 aromatic heterocycles. The Kier molecular flexibility index (Phi) is 1.61. The first kappa shape index (κ1) is 7.01. The third-order valence-corrected chi connectivity index (χ3v) is 1.90. The van der Waals surface area contributed by atoms with Crippen LogP contribution >= 0.6 is 0 Å². The minimum Gasteiger partial charge on any atom is -0.211 e. The highest BCUT2D eigenvalue weighted by molar-refractivity contribution is 5.62. The molecule has 0 fully saturated rings. The number of isocyanates is 1. The molecule has 1 aromatic carbocycles. The van der Waals surface area contributed by atoms with Crippen molar-refractivity contribution in [1.29, 1.82) is 0 Å². The summed E-state index contributed by atoms with van der Waals surface area (Å²) in [5.74, 6) is 0. The van der Waals surface area contributed by atoms with E-state index in [1.54, 1.807) is 6.08 Å². The van der Waals surface area contributed by atoms with Crippen molar-refractivity contribution >= 4 is 12.2 Å². The summed E-state index contributed by atoms with van der Waals surface area (Å²) in [6.45, 7) is 0. The number of rotatable bonds is 1. The lowest BCUT2D eigenvalue weighted by atomic mass is 10.1. The van der Waals surface area contributed by atoms with Gasteiger partial charge in [-0.25, -0.2) is 4.79 Å². The number of nitrogens with zero attached hydrogens (tertiary/aromatic N) is 1. The number of benzene rings is 1. The summed E-state index contributed by atoms with van der Waals surface area (Å²) in [4.78, 5) is 13.7. The van der Waals surface area contributed by atoms with Crippen molar-refractivity contribution in [3.05, 3.63) is 41.5 Å².